The van der Waals surface area contributed by atoms with Crippen molar-refractivity contribution in [2.75, 3.05) is 18.0 Å². The minimum absolute atomic E-state index is 0.0550. The van der Waals surface area contributed by atoms with Crippen molar-refractivity contribution in [3.63, 3.8) is 0 Å². The molecule has 6 heteroatoms. The standard InChI is InChI=1S/C17H18ClN3O2/c18-14-5-1-2-6-15(14)21-9-3-4-13(11-21)20-17(23)12-7-8-16(22)19-10-12/h1-2,5-8,10,13H,3-4,9,11H2,(H,19,22)(H,20,23)/t13-/m1/s1. The van der Waals surface area contributed by atoms with Crippen LogP contribution in [0.3, 0.4) is 0 Å². The fourth-order valence-corrected chi connectivity index (χ4v) is 3.10. The zero-order valence-electron chi connectivity index (χ0n) is 12.6. The lowest BCUT2D eigenvalue weighted by Gasteiger charge is -2.35. The van der Waals surface area contributed by atoms with Gasteiger partial charge in [-0.15, -0.1) is 0 Å². The van der Waals surface area contributed by atoms with E-state index in [2.05, 4.69) is 15.2 Å². The lowest BCUT2D eigenvalue weighted by atomic mass is 10.0. The molecule has 120 valence electrons. The van der Waals surface area contributed by atoms with Gasteiger partial charge in [0.25, 0.3) is 5.91 Å². The quantitative estimate of drug-likeness (QED) is 0.908. The number of benzene rings is 1. The predicted octanol–water partition coefficient (Wildman–Crippen LogP) is 2.43. The van der Waals surface area contributed by atoms with E-state index in [1.165, 1.54) is 18.3 Å². The second kappa shape index (κ2) is 6.87. The van der Waals surface area contributed by atoms with E-state index < -0.39 is 0 Å². The van der Waals surface area contributed by atoms with E-state index in [1.807, 2.05) is 24.3 Å². The fraction of sp³-hybridized carbons (Fsp3) is 0.294. The number of hydrogen-bond acceptors (Lipinski definition) is 3. The Morgan fingerprint density at radius 3 is 2.83 bits per heavy atom. The lowest BCUT2D eigenvalue weighted by Crippen LogP contribution is -2.48. The number of hydrogen-bond donors (Lipinski definition) is 2. The highest BCUT2D eigenvalue weighted by atomic mass is 35.5. The zero-order chi connectivity index (χ0) is 16.2. The Labute approximate surface area is 139 Å². The number of halogens is 1. The third-order valence-electron chi connectivity index (χ3n) is 4.00. The van der Waals surface area contributed by atoms with Crippen molar-refractivity contribution in [1.82, 2.24) is 10.3 Å². The molecule has 1 aromatic carbocycles. The maximum absolute atomic E-state index is 12.3. The van der Waals surface area contributed by atoms with Gasteiger partial charge in [0, 0.05) is 31.4 Å². The Kier molecular flexibility index (Phi) is 4.67. The average Bonchev–Trinajstić information content (AvgIpc) is 2.56. The van der Waals surface area contributed by atoms with Crippen molar-refractivity contribution in [1.29, 1.82) is 0 Å². The number of nitrogens with one attached hydrogen (secondary N) is 2. The molecule has 1 aromatic heterocycles. The van der Waals surface area contributed by atoms with Gasteiger partial charge in [0.2, 0.25) is 5.56 Å². The molecule has 0 spiro atoms. The molecule has 3 rings (SSSR count). The number of carbonyl (C=O) groups is 1. The number of anilines is 1. The molecule has 1 atom stereocenters. The largest absolute Gasteiger partial charge is 0.368 e. The third kappa shape index (κ3) is 3.74. The fourth-order valence-electron chi connectivity index (χ4n) is 2.84. The van der Waals surface area contributed by atoms with Gasteiger partial charge in [-0.05, 0) is 31.0 Å². The Morgan fingerprint density at radius 2 is 2.09 bits per heavy atom. The molecule has 0 radical (unpaired) electrons. The first-order valence-electron chi connectivity index (χ1n) is 7.62. The van der Waals surface area contributed by atoms with E-state index in [0.29, 0.717) is 5.56 Å². The lowest BCUT2D eigenvalue weighted by molar-refractivity contribution is 0.0933. The van der Waals surface area contributed by atoms with E-state index in [0.717, 1.165) is 36.6 Å². The first-order valence-corrected chi connectivity index (χ1v) is 8.00. The van der Waals surface area contributed by atoms with E-state index in [1.54, 1.807) is 0 Å². The van der Waals surface area contributed by atoms with E-state index in [-0.39, 0.29) is 17.5 Å². The highest BCUT2D eigenvalue weighted by Crippen LogP contribution is 2.27. The zero-order valence-corrected chi connectivity index (χ0v) is 13.3. The summed E-state index contributed by atoms with van der Waals surface area (Å²) < 4.78 is 0. The second-order valence-corrected chi connectivity index (χ2v) is 6.06. The molecule has 0 unspecified atom stereocenters. The van der Waals surface area contributed by atoms with Crippen LogP contribution in [0.5, 0.6) is 0 Å². The highest BCUT2D eigenvalue weighted by molar-refractivity contribution is 6.33. The van der Waals surface area contributed by atoms with E-state index in [4.69, 9.17) is 11.6 Å². The maximum atomic E-state index is 12.3. The summed E-state index contributed by atoms with van der Waals surface area (Å²) in [4.78, 5) is 28.0. The summed E-state index contributed by atoms with van der Waals surface area (Å²) in [6.07, 6.45) is 3.35. The maximum Gasteiger partial charge on any atom is 0.253 e. The van der Waals surface area contributed by atoms with Crippen molar-refractivity contribution in [3.8, 4) is 0 Å². The Hall–Kier alpha value is -2.27. The molecule has 1 saturated heterocycles. The van der Waals surface area contributed by atoms with Crippen LogP contribution >= 0.6 is 11.6 Å². The molecule has 2 heterocycles. The molecule has 0 saturated carbocycles. The van der Waals surface area contributed by atoms with Gasteiger partial charge in [-0.3, -0.25) is 9.59 Å². The van der Waals surface area contributed by atoms with Gasteiger partial charge in [-0.25, -0.2) is 0 Å². The molecule has 1 amide bonds. The SMILES string of the molecule is O=C(N[C@@H]1CCCN(c2ccccc2Cl)C1)c1ccc(=O)[nH]c1. The first-order chi connectivity index (χ1) is 11.1. The van der Waals surface area contributed by atoms with Gasteiger partial charge in [0.05, 0.1) is 16.3 Å². The van der Waals surface area contributed by atoms with Crippen LogP contribution in [-0.4, -0.2) is 30.0 Å². The Bertz CT molecular complexity index is 739. The van der Waals surface area contributed by atoms with Crippen molar-refractivity contribution < 1.29 is 4.79 Å². The summed E-state index contributed by atoms with van der Waals surface area (Å²) in [5.74, 6) is -0.174. The minimum atomic E-state index is -0.218. The first kappa shape index (κ1) is 15.6. The molecule has 23 heavy (non-hydrogen) atoms. The van der Waals surface area contributed by atoms with Crippen molar-refractivity contribution in [2.45, 2.75) is 18.9 Å². The minimum Gasteiger partial charge on any atom is -0.368 e. The molecule has 5 nitrogen and oxygen atoms in total. The number of carbonyl (C=O) groups excluding carboxylic acids is 1. The third-order valence-corrected chi connectivity index (χ3v) is 4.32. The molecular formula is C17H18ClN3O2. The summed E-state index contributed by atoms with van der Waals surface area (Å²) in [6.45, 7) is 1.65. The van der Waals surface area contributed by atoms with Gasteiger partial charge in [-0.2, -0.15) is 0 Å². The molecule has 0 bridgehead atoms. The summed E-state index contributed by atoms with van der Waals surface area (Å²) >= 11 is 6.26. The summed E-state index contributed by atoms with van der Waals surface area (Å²) in [6, 6.07) is 10.7. The van der Waals surface area contributed by atoms with Gasteiger partial charge in [0.1, 0.15) is 0 Å². The van der Waals surface area contributed by atoms with Crippen LogP contribution in [-0.2, 0) is 0 Å². The normalized spacial score (nSPS) is 17.8. The molecule has 2 N–H and O–H groups in total. The number of aromatic amines is 1. The number of para-hydroxylation sites is 1. The van der Waals surface area contributed by atoms with Crippen LogP contribution in [0.15, 0.2) is 47.4 Å². The van der Waals surface area contributed by atoms with E-state index >= 15 is 0 Å². The number of amides is 1. The number of rotatable bonds is 3. The van der Waals surface area contributed by atoms with Gasteiger partial charge < -0.3 is 15.2 Å². The molecule has 1 aliphatic rings. The molecule has 2 aromatic rings. The number of H-pyrrole nitrogens is 1. The van der Waals surface area contributed by atoms with Gasteiger partial charge in [-0.1, -0.05) is 23.7 Å². The summed E-state index contributed by atoms with van der Waals surface area (Å²) in [5, 5.41) is 3.75. The van der Waals surface area contributed by atoms with Gasteiger partial charge >= 0.3 is 0 Å². The van der Waals surface area contributed by atoms with Crippen molar-refractivity contribution in [3.05, 3.63) is 63.5 Å². The molecule has 1 fully saturated rings. The molecular weight excluding hydrogens is 314 g/mol. The topological polar surface area (TPSA) is 65.2 Å². The number of piperidine rings is 1. The molecule has 0 aliphatic carbocycles. The predicted molar refractivity (Wildman–Crippen MR) is 91.2 cm³/mol. The number of nitrogens with zero attached hydrogens (tertiary/aromatic N) is 1. The van der Waals surface area contributed by atoms with Crippen molar-refractivity contribution >= 4 is 23.2 Å². The van der Waals surface area contributed by atoms with Gasteiger partial charge in [0.15, 0.2) is 0 Å². The number of aromatic nitrogens is 1. The highest BCUT2D eigenvalue weighted by Gasteiger charge is 2.23. The molecule has 1 aliphatic heterocycles. The van der Waals surface area contributed by atoms with Crippen LogP contribution in [0.2, 0.25) is 5.02 Å². The van der Waals surface area contributed by atoms with Crippen LogP contribution in [0.25, 0.3) is 0 Å². The average molecular weight is 332 g/mol. The van der Waals surface area contributed by atoms with E-state index in [9.17, 15) is 9.59 Å². The monoisotopic (exact) mass is 331 g/mol. The number of pyridine rings is 1. The smallest absolute Gasteiger partial charge is 0.253 e. The second-order valence-electron chi connectivity index (χ2n) is 5.65. The summed E-state index contributed by atoms with van der Waals surface area (Å²) in [5.41, 5.74) is 1.24. The van der Waals surface area contributed by atoms with Crippen LogP contribution < -0.4 is 15.8 Å². The van der Waals surface area contributed by atoms with Crippen LogP contribution in [0.1, 0.15) is 23.2 Å². The van der Waals surface area contributed by atoms with Crippen molar-refractivity contribution in [2.24, 2.45) is 0 Å². The Morgan fingerprint density at radius 1 is 1.26 bits per heavy atom. The Balaban J connectivity index is 1.67. The van der Waals surface area contributed by atoms with Crippen LogP contribution in [0.4, 0.5) is 5.69 Å². The van der Waals surface area contributed by atoms with Crippen LogP contribution in [0, 0.1) is 0 Å². The summed E-state index contributed by atoms with van der Waals surface area (Å²) in [7, 11) is 0.